The van der Waals surface area contributed by atoms with E-state index in [-0.39, 0.29) is 17.4 Å². The van der Waals surface area contributed by atoms with Gasteiger partial charge < -0.3 is 19.7 Å². The summed E-state index contributed by atoms with van der Waals surface area (Å²) in [5, 5.41) is 24.7. The quantitative estimate of drug-likeness (QED) is 0.764. The number of methoxy groups -OCH3 is 2. The molecule has 156 valence electrons. The van der Waals surface area contributed by atoms with Crippen molar-refractivity contribution in [1.82, 2.24) is 14.7 Å². The van der Waals surface area contributed by atoms with Gasteiger partial charge in [-0.25, -0.2) is 4.79 Å². The van der Waals surface area contributed by atoms with Gasteiger partial charge in [-0.2, -0.15) is 5.10 Å². The lowest BCUT2D eigenvalue weighted by Crippen LogP contribution is -2.36. The van der Waals surface area contributed by atoms with Crippen LogP contribution in [0.15, 0.2) is 30.6 Å². The fraction of sp³-hybridized carbons (Fsp3) is 0.524. The zero-order chi connectivity index (χ0) is 20.5. The average Bonchev–Trinajstić information content (AvgIpc) is 3.35. The van der Waals surface area contributed by atoms with Gasteiger partial charge in [0.05, 0.1) is 26.4 Å². The van der Waals surface area contributed by atoms with Gasteiger partial charge in [0.15, 0.2) is 11.5 Å². The van der Waals surface area contributed by atoms with Crippen molar-refractivity contribution < 1.29 is 24.5 Å². The number of nitrogens with zero attached hydrogens (tertiary/aromatic N) is 3. The fourth-order valence-electron chi connectivity index (χ4n) is 4.97. The maximum atomic E-state index is 11.9. The number of carbonyl (C=O) groups is 1. The van der Waals surface area contributed by atoms with Crippen LogP contribution in [-0.4, -0.2) is 64.3 Å². The van der Waals surface area contributed by atoms with Crippen LogP contribution >= 0.6 is 0 Å². The summed E-state index contributed by atoms with van der Waals surface area (Å²) in [6.45, 7) is 2.25. The van der Waals surface area contributed by atoms with E-state index >= 15 is 0 Å². The highest BCUT2D eigenvalue weighted by molar-refractivity contribution is 5.93. The number of benzene rings is 1. The summed E-state index contributed by atoms with van der Waals surface area (Å²) in [6.07, 6.45) is 4.85. The molecule has 1 saturated carbocycles. The van der Waals surface area contributed by atoms with E-state index in [2.05, 4.69) is 10.00 Å². The minimum absolute atomic E-state index is 0.00172. The predicted octanol–water partition coefficient (Wildman–Crippen LogP) is 2.04. The molecule has 2 heterocycles. The number of ether oxygens (including phenoxy) is 2. The van der Waals surface area contributed by atoms with Crippen LogP contribution in [0.1, 0.15) is 34.8 Å². The van der Waals surface area contributed by atoms with Crippen molar-refractivity contribution in [2.45, 2.75) is 31.5 Å². The highest BCUT2D eigenvalue weighted by Gasteiger charge is 2.42. The van der Waals surface area contributed by atoms with Crippen molar-refractivity contribution in [1.29, 1.82) is 0 Å². The van der Waals surface area contributed by atoms with E-state index in [4.69, 9.17) is 9.47 Å². The van der Waals surface area contributed by atoms with E-state index in [1.54, 1.807) is 18.3 Å². The lowest BCUT2D eigenvalue weighted by atomic mass is 9.77. The molecule has 1 saturated heterocycles. The Bertz CT molecular complexity index is 869. The number of likely N-dealkylation sites (tertiary alicyclic amines) is 1. The summed E-state index contributed by atoms with van der Waals surface area (Å²) in [6, 6.07) is 5.43. The van der Waals surface area contributed by atoms with Crippen molar-refractivity contribution in [3.8, 4) is 11.5 Å². The Morgan fingerprint density at radius 1 is 1.21 bits per heavy atom. The molecule has 2 aromatic rings. The van der Waals surface area contributed by atoms with Crippen LogP contribution in [-0.2, 0) is 6.54 Å². The zero-order valence-electron chi connectivity index (χ0n) is 16.7. The molecule has 8 heteroatoms. The van der Waals surface area contributed by atoms with Gasteiger partial charge in [0, 0.05) is 32.0 Å². The van der Waals surface area contributed by atoms with Gasteiger partial charge in [0.25, 0.3) is 0 Å². The molecule has 1 aliphatic carbocycles. The third kappa shape index (κ3) is 3.70. The van der Waals surface area contributed by atoms with Crippen LogP contribution in [0, 0.1) is 11.8 Å². The second kappa shape index (κ2) is 8.04. The van der Waals surface area contributed by atoms with Gasteiger partial charge in [0.1, 0.15) is 5.56 Å². The van der Waals surface area contributed by atoms with Crippen molar-refractivity contribution in [2.24, 2.45) is 11.8 Å². The van der Waals surface area contributed by atoms with E-state index in [9.17, 15) is 15.0 Å². The van der Waals surface area contributed by atoms with Crippen LogP contribution < -0.4 is 9.47 Å². The third-order valence-electron chi connectivity index (χ3n) is 6.29. The monoisotopic (exact) mass is 401 g/mol. The minimum Gasteiger partial charge on any atom is -0.493 e. The lowest BCUT2D eigenvalue weighted by molar-refractivity contribution is 0.0306. The first-order chi connectivity index (χ1) is 14.0. The van der Waals surface area contributed by atoms with E-state index in [1.807, 2.05) is 16.9 Å². The molecular formula is C21H27N3O5. The molecule has 4 rings (SSSR count). The lowest BCUT2D eigenvalue weighted by Gasteiger charge is -2.35. The molecule has 0 amide bonds. The Morgan fingerprint density at radius 3 is 2.59 bits per heavy atom. The number of aromatic carboxylic acids is 1. The normalized spacial score (nSPS) is 26.9. The van der Waals surface area contributed by atoms with Gasteiger partial charge >= 0.3 is 5.97 Å². The molecule has 1 aromatic carbocycles. The van der Waals surface area contributed by atoms with Crippen LogP contribution in [0.25, 0.3) is 0 Å². The minimum atomic E-state index is -1.03. The summed E-state index contributed by atoms with van der Waals surface area (Å²) in [4.78, 5) is 14.2. The van der Waals surface area contributed by atoms with Crippen LogP contribution in [0.2, 0.25) is 0 Å². The largest absolute Gasteiger partial charge is 0.493 e. The molecule has 1 aromatic heterocycles. The van der Waals surface area contributed by atoms with Gasteiger partial charge in [-0.05, 0) is 42.4 Å². The van der Waals surface area contributed by atoms with Crippen molar-refractivity contribution in [2.75, 3.05) is 27.3 Å². The van der Waals surface area contributed by atoms with Crippen LogP contribution in [0.4, 0.5) is 0 Å². The maximum Gasteiger partial charge on any atom is 0.339 e. The standard InChI is InChI=1S/C21H27N3O5/c1-28-18-5-4-13(19(21(26)27)20(18)29-2)10-23-11-14-8-16(24-7-3-6-22-24)17(25)9-15(14)12-23/h3-7,14-17,25H,8-12H2,1-2H3,(H,26,27)/t14-,15+,16-,17-/m1/s1. The van der Waals surface area contributed by atoms with Crippen molar-refractivity contribution in [3.05, 3.63) is 41.7 Å². The van der Waals surface area contributed by atoms with E-state index in [0.717, 1.165) is 25.9 Å². The molecule has 4 atom stereocenters. The molecule has 8 nitrogen and oxygen atoms in total. The Labute approximate surface area is 169 Å². The first-order valence-corrected chi connectivity index (χ1v) is 9.88. The van der Waals surface area contributed by atoms with E-state index in [0.29, 0.717) is 29.7 Å². The van der Waals surface area contributed by atoms with Crippen LogP contribution in [0.5, 0.6) is 11.5 Å². The Morgan fingerprint density at radius 2 is 1.97 bits per heavy atom. The van der Waals surface area contributed by atoms with Crippen molar-refractivity contribution in [3.63, 3.8) is 0 Å². The number of aliphatic hydroxyl groups is 1. The van der Waals surface area contributed by atoms with Gasteiger partial charge in [-0.1, -0.05) is 6.07 Å². The number of aromatic nitrogens is 2. The highest BCUT2D eigenvalue weighted by atomic mass is 16.5. The van der Waals surface area contributed by atoms with Gasteiger partial charge in [-0.3, -0.25) is 9.58 Å². The van der Waals surface area contributed by atoms with E-state index in [1.165, 1.54) is 14.2 Å². The second-order valence-corrected chi connectivity index (χ2v) is 7.95. The SMILES string of the molecule is COc1ccc(CN2C[C@H]3C[C@@H](n4cccn4)[C@H](O)C[C@H]3C2)c(C(=O)O)c1OC. The van der Waals surface area contributed by atoms with Gasteiger partial charge in [-0.15, -0.1) is 0 Å². The van der Waals surface area contributed by atoms with Gasteiger partial charge in [0.2, 0.25) is 0 Å². The van der Waals surface area contributed by atoms with Crippen molar-refractivity contribution >= 4 is 5.97 Å². The maximum absolute atomic E-state index is 11.9. The summed E-state index contributed by atoms with van der Waals surface area (Å²) in [5.74, 6) is 0.505. The molecule has 1 aliphatic heterocycles. The fourth-order valence-corrected chi connectivity index (χ4v) is 4.97. The predicted molar refractivity (Wildman–Crippen MR) is 105 cm³/mol. The number of carboxylic acid groups (broad SMARTS) is 1. The number of fused-ring (bicyclic) bond motifs is 1. The molecule has 2 N–H and O–H groups in total. The number of rotatable bonds is 6. The summed E-state index contributed by atoms with van der Waals surface area (Å²) in [7, 11) is 2.95. The first-order valence-electron chi connectivity index (χ1n) is 9.88. The number of aliphatic hydroxyl groups excluding tert-OH is 1. The Hall–Kier alpha value is -2.58. The average molecular weight is 401 g/mol. The number of carboxylic acids is 1. The second-order valence-electron chi connectivity index (χ2n) is 7.95. The van der Waals surface area contributed by atoms with Crippen LogP contribution in [0.3, 0.4) is 0 Å². The molecule has 0 spiro atoms. The molecule has 0 bridgehead atoms. The Balaban J connectivity index is 1.52. The first kappa shape index (κ1) is 19.7. The summed E-state index contributed by atoms with van der Waals surface area (Å²) < 4.78 is 12.4. The highest BCUT2D eigenvalue weighted by Crippen LogP contribution is 2.42. The number of hydrogen-bond donors (Lipinski definition) is 2. The zero-order valence-corrected chi connectivity index (χ0v) is 16.7. The molecule has 29 heavy (non-hydrogen) atoms. The number of hydrogen-bond acceptors (Lipinski definition) is 6. The topological polar surface area (TPSA) is 97.1 Å². The molecular weight excluding hydrogens is 374 g/mol. The Kier molecular flexibility index (Phi) is 5.47. The molecule has 0 unspecified atom stereocenters. The molecule has 0 radical (unpaired) electrons. The van der Waals surface area contributed by atoms with E-state index < -0.39 is 12.1 Å². The molecule has 2 fully saturated rings. The summed E-state index contributed by atoms with van der Waals surface area (Å²) in [5.41, 5.74) is 0.856. The third-order valence-corrected chi connectivity index (χ3v) is 6.29. The molecule has 2 aliphatic rings. The smallest absolute Gasteiger partial charge is 0.339 e. The summed E-state index contributed by atoms with van der Waals surface area (Å²) >= 11 is 0.